The summed E-state index contributed by atoms with van der Waals surface area (Å²) < 4.78 is 0. The summed E-state index contributed by atoms with van der Waals surface area (Å²) in [6, 6.07) is 10.6. The number of nitrogens with zero attached hydrogens (tertiary/aromatic N) is 2. The molecule has 1 unspecified atom stereocenters. The lowest BCUT2D eigenvalue weighted by atomic mass is 10.2. The molecule has 2 amide bonds. The van der Waals surface area contributed by atoms with Crippen molar-refractivity contribution in [1.82, 2.24) is 10.3 Å². The number of hydrogen-bond acceptors (Lipinski definition) is 4. The van der Waals surface area contributed by atoms with E-state index in [-0.39, 0.29) is 29.4 Å². The van der Waals surface area contributed by atoms with Gasteiger partial charge in [-0.25, -0.2) is 4.98 Å². The second-order valence-electron chi connectivity index (χ2n) is 6.74. The summed E-state index contributed by atoms with van der Waals surface area (Å²) in [5, 5.41) is 5.97. The molecule has 0 bridgehead atoms. The average molecular weight is 387 g/mol. The number of benzene rings is 1. The summed E-state index contributed by atoms with van der Waals surface area (Å²) in [6.45, 7) is 3.90. The fourth-order valence-electron chi connectivity index (χ4n) is 3.15. The lowest BCUT2D eigenvalue weighted by Gasteiger charge is -2.19. The standard InChI is InChI=1S/C20H23ClN4O2/c1-14(23-20(27)15-7-8-22-18(21)12-15)11-19(26)24-16-5-4-6-17(13-16)25-9-2-3-10-25/h4-8,12-14H,2-3,9-11H2,1H3,(H,23,27)(H,24,26). The van der Waals surface area contributed by atoms with Gasteiger partial charge in [-0.15, -0.1) is 0 Å². The fourth-order valence-corrected chi connectivity index (χ4v) is 3.32. The van der Waals surface area contributed by atoms with Gasteiger partial charge in [0.2, 0.25) is 5.91 Å². The van der Waals surface area contributed by atoms with Crippen LogP contribution in [-0.4, -0.2) is 35.9 Å². The number of rotatable bonds is 6. The van der Waals surface area contributed by atoms with E-state index >= 15 is 0 Å². The molecule has 1 atom stereocenters. The Morgan fingerprint density at radius 3 is 2.74 bits per heavy atom. The molecule has 1 aromatic heterocycles. The van der Waals surface area contributed by atoms with Crippen molar-refractivity contribution < 1.29 is 9.59 Å². The minimum absolute atomic E-state index is 0.144. The molecule has 2 heterocycles. The third-order valence-corrected chi connectivity index (χ3v) is 4.67. The second kappa shape index (κ2) is 8.86. The minimum atomic E-state index is -0.314. The maximum atomic E-state index is 12.3. The largest absolute Gasteiger partial charge is 0.371 e. The Balaban J connectivity index is 1.52. The first-order chi connectivity index (χ1) is 13.0. The third kappa shape index (κ3) is 5.44. The van der Waals surface area contributed by atoms with Gasteiger partial charge in [0.15, 0.2) is 0 Å². The van der Waals surface area contributed by atoms with Crippen molar-refractivity contribution in [3.8, 4) is 0 Å². The number of halogens is 1. The van der Waals surface area contributed by atoms with Gasteiger partial charge in [0, 0.05) is 48.7 Å². The van der Waals surface area contributed by atoms with Crippen LogP contribution in [0.1, 0.15) is 36.5 Å². The first-order valence-electron chi connectivity index (χ1n) is 9.08. The van der Waals surface area contributed by atoms with Gasteiger partial charge < -0.3 is 15.5 Å². The Kier molecular flexibility index (Phi) is 6.29. The molecular weight excluding hydrogens is 364 g/mol. The van der Waals surface area contributed by atoms with E-state index in [1.54, 1.807) is 13.0 Å². The highest BCUT2D eigenvalue weighted by atomic mass is 35.5. The van der Waals surface area contributed by atoms with Gasteiger partial charge in [0.05, 0.1) is 0 Å². The van der Waals surface area contributed by atoms with Gasteiger partial charge in [0.25, 0.3) is 5.91 Å². The predicted molar refractivity (Wildman–Crippen MR) is 107 cm³/mol. The van der Waals surface area contributed by atoms with Gasteiger partial charge in [-0.3, -0.25) is 9.59 Å². The molecule has 0 saturated carbocycles. The second-order valence-corrected chi connectivity index (χ2v) is 7.13. The number of nitrogens with one attached hydrogen (secondary N) is 2. The Hall–Kier alpha value is -2.60. The van der Waals surface area contributed by atoms with Crippen LogP contribution < -0.4 is 15.5 Å². The number of aromatic nitrogens is 1. The average Bonchev–Trinajstić information content (AvgIpc) is 3.16. The molecule has 0 aliphatic carbocycles. The zero-order chi connectivity index (χ0) is 19.2. The van der Waals surface area contributed by atoms with Gasteiger partial charge in [0.1, 0.15) is 5.15 Å². The molecule has 2 aromatic rings. The zero-order valence-electron chi connectivity index (χ0n) is 15.2. The molecule has 1 fully saturated rings. The molecule has 0 spiro atoms. The van der Waals surface area contributed by atoms with Crippen molar-refractivity contribution in [1.29, 1.82) is 0 Å². The molecule has 0 radical (unpaired) electrons. The lowest BCUT2D eigenvalue weighted by molar-refractivity contribution is -0.116. The quantitative estimate of drug-likeness (QED) is 0.745. The molecule has 6 nitrogen and oxygen atoms in total. The molecule has 3 rings (SSSR count). The summed E-state index contributed by atoms with van der Waals surface area (Å²) in [5.41, 5.74) is 2.31. The number of amides is 2. The molecule has 142 valence electrons. The Labute approximate surface area is 163 Å². The zero-order valence-corrected chi connectivity index (χ0v) is 16.0. The summed E-state index contributed by atoms with van der Waals surface area (Å²) >= 11 is 5.80. The molecule has 1 saturated heterocycles. The van der Waals surface area contributed by atoms with Crippen molar-refractivity contribution >= 4 is 34.8 Å². The number of carbonyl (C=O) groups excluding carboxylic acids is 2. The van der Waals surface area contributed by atoms with E-state index in [0.717, 1.165) is 24.5 Å². The third-order valence-electron chi connectivity index (χ3n) is 4.46. The van der Waals surface area contributed by atoms with Crippen LogP contribution in [0.5, 0.6) is 0 Å². The summed E-state index contributed by atoms with van der Waals surface area (Å²) in [4.78, 5) is 30.7. The number of hydrogen-bond donors (Lipinski definition) is 2. The first kappa shape index (κ1) is 19.2. The molecule has 27 heavy (non-hydrogen) atoms. The van der Waals surface area contributed by atoms with Crippen molar-refractivity contribution in [2.45, 2.75) is 32.2 Å². The highest BCUT2D eigenvalue weighted by Gasteiger charge is 2.15. The Morgan fingerprint density at radius 2 is 2.00 bits per heavy atom. The molecule has 1 aliphatic rings. The van der Waals surface area contributed by atoms with Crippen LogP contribution in [0.3, 0.4) is 0 Å². The van der Waals surface area contributed by atoms with Crippen LogP contribution in [0.2, 0.25) is 5.15 Å². The number of pyridine rings is 1. The van der Waals surface area contributed by atoms with E-state index in [2.05, 4.69) is 26.6 Å². The van der Waals surface area contributed by atoms with Gasteiger partial charge >= 0.3 is 0 Å². The van der Waals surface area contributed by atoms with Crippen LogP contribution in [0.25, 0.3) is 0 Å². The van der Waals surface area contributed by atoms with Gasteiger partial charge in [-0.1, -0.05) is 17.7 Å². The Bertz CT molecular complexity index is 821. The maximum absolute atomic E-state index is 12.3. The lowest BCUT2D eigenvalue weighted by Crippen LogP contribution is -2.35. The van der Waals surface area contributed by atoms with Crippen molar-refractivity contribution in [3.05, 3.63) is 53.3 Å². The first-order valence-corrected chi connectivity index (χ1v) is 9.46. The van der Waals surface area contributed by atoms with Crippen molar-refractivity contribution in [2.24, 2.45) is 0 Å². The van der Waals surface area contributed by atoms with Crippen LogP contribution in [-0.2, 0) is 4.79 Å². The SMILES string of the molecule is CC(CC(=O)Nc1cccc(N2CCCC2)c1)NC(=O)c1ccnc(Cl)c1. The normalized spacial score (nSPS) is 14.7. The minimum Gasteiger partial charge on any atom is -0.371 e. The highest BCUT2D eigenvalue weighted by molar-refractivity contribution is 6.29. The molecule has 1 aliphatic heterocycles. The number of anilines is 2. The molecule has 2 N–H and O–H groups in total. The van der Waals surface area contributed by atoms with E-state index in [1.807, 2.05) is 18.2 Å². The van der Waals surface area contributed by atoms with Crippen molar-refractivity contribution in [3.63, 3.8) is 0 Å². The van der Waals surface area contributed by atoms with Crippen molar-refractivity contribution in [2.75, 3.05) is 23.3 Å². The molecular formula is C20H23ClN4O2. The van der Waals surface area contributed by atoms with E-state index in [9.17, 15) is 9.59 Å². The van der Waals surface area contributed by atoms with E-state index in [1.165, 1.54) is 25.1 Å². The summed E-state index contributed by atoms with van der Waals surface area (Å²) in [7, 11) is 0. The van der Waals surface area contributed by atoms with Crippen LogP contribution in [0.15, 0.2) is 42.6 Å². The van der Waals surface area contributed by atoms with Gasteiger partial charge in [-0.2, -0.15) is 0 Å². The van der Waals surface area contributed by atoms with E-state index in [0.29, 0.717) is 5.56 Å². The smallest absolute Gasteiger partial charge is 0.251 e. The summed E-state index contributed by atoms with van der Waals surface area (Å²) in [5.74, 6) is -0.426. The number of carbonyl (C=O) groups is 2. The summed E-state index contributed by atoms with van der Waals surface area (Å²) in [6.07, 6.45) is 4.06. The van der Waals surface area contributed by atoms with E-state index in [4.69, 9.17) is 11.6 Å². The Morgan fingerprint density at radius 1 is 1.22 bits per heavy atom. The topological polar surface area (TPSA) is 74.3 Å². The maximum Gasteiger partial charge on any atom is 0.251 e. The van der Waals surface area contributed by atoms with Crippen LogP contribution in [0.4, 0.5) is 11.4 Å². The van der Waals surface area contributed by atoms with Crippen LogP contribution >= 0.6 is 11.6 Å². The van der Waals surface area contributed by atoms with Gasteiger partial charge in [-0.05, 0) is 50.1 Å². The highest BCUT2D eigenvalue weighted by Crippen LogP contribution is 2.23. The van der Waals surface area contributed by atoms with E-state index < -0.39 is 0 Å². The monoisotopic (exact) mass is 386 g/mol. The fraction of sp³-hybridized carbons (Fsp3) is 0.350. The predicted octanol–water partition coefficient (Wildman–Crippen LogP) is 3.48. The van der Waals surface area contributed by atoms with Crippen LogP contribution in [0, 0.1) is 0 Å². The molecule has 7 heteroatoms. The molecule has 1 aromatic carbocycles.